The summed E-state index contributed by atoms with van der Waals surface area (Å²) >= 11 is 0. The summed E-state index contributed by atoms with van der Waals surface area (Å²) in [5, 5.41) is 9.51. The first kappa shape index (κ1) is 18.1. The Bertz CT molecular complexity index is 515. The molecule has 5 rings (SSSR count). The highest BCUT2D eigenvalue weighted by atomic mass is 16.2. The number of carbonyl (C=O) groups excluding carboxylic acids is 2. The van der Waals surface area contributed by atoms with Crippen LogP contribution in [0.2, 0.25) is 0 Å². The van der Waals surface area contributed by atoms with Gasteiger partial charge in [0.15, 0.2) is 0 Å². The van der Waals surface area contributed by atoms with Gasteiger partial charge in [-0.25, -0.2) is 4.79 Å². The fourth-order valence-corrected chi connectivity index (χ4v) is 6.43. The van der Waals surface area contributed by atoms with Crippen molar-refractivity contribution in [3.05, 3.63) is 0 Å². The Balaban J connectivity index is 1.20. The van der Waals surface area contributed by atoms with E-state index in [2.05, 4.69) is 16.0 Å². The van der Waals surface area contributed by atoms with Crippen LogP contribution in [-0.4, -0.2) is 55.1 Å². The SMILES string of the molecule is CNC1CCCN(C(=O)CCNC(=O)NC23CC4CC(CC(C4)C2)C3)C1. The van der Waals surface area contributed by atoms with Gasteiger partial charge in [-0.05, 0) is 76.2 Å². The van der Waals surface area contributed by atoms with E-state index in [1.807, 2.05) is 11.9 Å². The van der Waals surface area contributed by atoms with Crippen LogP contribution >= 0.6 is 0 Å². The van der Waals surface area contributed by atoms with Crippen molar-refractivity contribution in [2.24, 2.45) is 17.8 Å². The average molecular weight is 363 g/mol. The summed E-state index contributed by atoms with van der Waals surface area (Å²) in [5.41, 5.74) is 0.0374. The van der Waals surface area contributed by atoms with E-state index < -0.39 is 0 Å². The number of amides is 3. The Labute approximate surface area is 156 Å². The predicted octanol–water partition coefficient (Wildman–Crippen LogP) is 1.85. The smallest absolute Gasteiger partial charge is 0.315 e. The highest BCUT2D eigenvalue weighted by Crippen LogP contribution is 2.55. The minimum absolute atomic E-state index is 0.0374. The number of carbonyl (C=O) groups is 2. The zero-order valence-corrected chi connectivity index (χ0v) is 16.1. The minimum Gasteiger partial charge on any atom is -0.341 e. The van der Waals surface area contributed by atoms with E-state index in [1.165, 1.54) is 19.3 Å². The molecule has 6 nitrogen and oxygen atoms in total. The van der Waals surface area contributed by atoms with E-state index in [1.54, 1.807) is 0 Å². The van der Waals surface area contributed by atoms with Crippen molar-refractivity contribution in [1.29, 1.82) is 0 Å². The summed E-state index contributed by atoms with van der Waals surface area (Å²) in [4.78, 5) is 26.7. The van der Waals surface area contributed by atoms with Gasteiger partial charge in [-0.3, -0.25) is 4.79 Å². The summed E-state index contributed by atoms with van der Waals surface area (Å²) < 4.78 is 0. The second kappa shape index (κ2) is 7.37. The lowest BCUT2D eigenvalue weighted by atomic mass is 9.53. The second-order valence-corrected chi connectivity index (χ2v) is 9.30. The molecule has 1 atom stereocenters. The van der Waals surface area contributed by atoms with E-state index in [0.717, 1.165) is 62.9 Å². The van der Waals surface area contributed by atoms with Crippen LogP contribution in [0.25, 0.3) is 0 Å². The fraction of sp³-hybridized carbons (Fsp3) is 0.900. The van der Waals surface area contributed by atoms with Crippen molar-refractivity contribution >= 4 is 11.9 Å². The fourth-order valence-electron chi connectivity index (χ4n) is 6.43. The van der Waals surface area contributed by atoms with Gasteiger partial charge in [0.2, 0.25) is 5.91 Å². The molecule has 146 valence electrons. The lowest BCUT2D eigenvalue weighted by molar-refractivity contribution is -0.132. The van der Waals surface area contributed by atoms with Gasteiger partial charge in [0.05, 0.1) is 0 Å². The number of nitrogens with zero attached hydrogens (tertiary/aromatic N) is 1. The van der Waals surface area contributed by atoms with Crippen LogP contribution in [0.4, 0.5) is 4.79 Å². The van der Waals surface area contributed by atoms with Crippen molar-refractivity contribution in [2.45, 2.75) is 69.4 Å². The number of rotatable bonds is 5. The Morgan fingerprint density at radius 3 is 2.35 bits per heavy atom. The molecule has 0 aromatic rings. The summed E-state index contributed by atoms with van der Waals surface area (Å²) in [7, 11) is 1.95. The van der Waals surface area contributed by atoms with Crippen molar-refractivity contribution in [2.75, 3.05) is 26.7 Å². The van der Waals surface area contributed by atoms with Gasteiger partial charge in [-0.1, -0.05) is 0 Å². The van der Waals surface area contributed by atoms with Crippen molar-refractivity contribution < 1.29 is 9.59 Å². The second-order valence-electron chi connectivity index (χ2n) is 9.30. The molecule has 1 aliphatic heterocycles. The molecule has 26 heavy (non-hydrogen) atoms. The van der Waals surface area contributed by atoms with Gasteiger partial charge < -0.3 is 20.9 Å². The van der Waals surface area contributed by atoms with Gasteiger partial charge >= 0.3 is 6.03 Å². The Morgan fingerprint density at radius 1 is 1.08 bits per heavy atom. The average Bonchev–Trinajstić information content (AvgIpc) is 2.60. The Kier molecular flexibility index (Phi) is 5.13. The Morgan fingerprint density at radius 2 is 1.73 bits per heavy atom. The van der Waals surface area contributed by atoms with Crippen LogP contribution in [0.15, 0.2) is 0 Å². The normalized spacial score (nSPS) is 38.3. The largest absolute Gasteiger partial charge is 0.341 e. The maximum atomic E-state index is 12.4. The molecule has 1 unspecified atom stereocenters. The number of nitrogens with one attached hydrogen (secondary N) is 3. The van der Waals surface area contributed by atoms with Crippen LogP contribution in [0.3, 0.4) is 0 Å². The quantitative estimate of drug-likeness (QED) is 0.699. The molecule has 1 heterocycles. The molecular formula is C20H34N4O2. The number of hydrogen-bond donors (Lipinski definition) is 3. The van der Waals surface area contributed by atoms with Crippen LogP contribution < -0.4 is 16.0 Å². The lowest BCUT2D eigenvalue weighted by Gasteiger charge is -2.56. The number of hydrogen-bond acceptors (Lipinski definition) is 3. The molecule has 5 fully saturated rings. The van der Waals surface area contributed by atoms with Crippen LogP contribution in [0, 0.1) is 17.8 Å². The molecule has 3 amide bonds. The number of likely N-dealkylation sites (N-methyl/N-ethyl adjacent to an activating group) is 1. The monoisotopic (exact) mass is 362 g/mol. The zero-order chi connectivity index (χ0) is 18.1. The molecule has 4 saturated carbocycles. The molecule has 0 radical (unpaired) electrons. The lowest BCUT2D eigenvalue weighted by Crippen LogP contribution is -2.61. The molecule has 5 aliphatic rings. The highest BCUT2D eigenvalue weighted by Gasteiger charge is 2.51. The summed E-state index contributed by atoms with van der Waals surface area (Å²) in [5.74, 6) is 2.62. The third-order valence-electron chi connectivity index (χ3n) is 7.22. The van der Waals surface area contributed by atoms with Gasteiger partial charge in [0.1, 0.15) is 0 Å². The predicted molar refractivity (Wildman–Crippen MR) is 101 cm³/mol. The maximum absolute atomic E-state index is 12.4. The first-order valence-electron chi connectivity index (χ1n) is 10.6. The summed E-state index contributed by atoms with van der Waals surface area (Å²) in [6.07, 6.45) is 10.2. The van der Waals surface area contributed by atoms with E-state index in [4.69, 9.17) is 0 Å². The standard InChI is InChI=1S/C20H34N4O2/c1-21-17-3-2-6-24(13-17)18(25)4-5-22-19(26)23-20-10-14-7-15(11-20)9-16(8-14)12-20/h14-17,21H,2-13H2,1H3,(H2,22,23,26). The first-order valence-corrected chi connectivity index (χ1v) is 10.6. The number of piperidine rings is 1. The molecule has 3 N–H and O–H groups in total. The van der Waals surface area contributed by atoms with Gasteiger partial charge in [-0.2, -0.15) is 0 Å². The maximum Gasteiger partial charge on any atom is 0.315 e. The molecule has 4 aliphatic carbocycles. The number of urea groups is 1. The van der Waals surface area contributed by atoms with Crippen LogP contribution in [0.1, 0.15) is 57.8 Å². The van der Waals surface area contributed by atoms with Crippen LogP contribution in [0.5, 0.6) is 0 Å². The Hall–Kier alpha value is -1.30. The molecule has 1 saturated heterocycles. The van der Waals surface area contributed by atoms with Crippen LogP contribution in [-0.2, 0) is 4.79 Å². The highest BCUT2D eigenvalue weighted by molar-refractivity contribution is 5.78. The van der Waals surface area contributed by atoms with Crippen molar-refractivity contribution in [3.8, 4) is 0 Å². The summed E-state index contributed by atoms with van der Waals surface area (Å²) in [6.45, 7) is 2.06. The van der Waals surface area contributed by atoms with E-state index in [9.17, 15) is 9.59 Å². The minimum atomic E-state index is -0.0773. The third-order valence-corrected chi connectivity index (χ3v) is 7.22. The van der Waals surface area contributed by atoms with E-state index in [0.29, 0.717) is 19.0 Å². The van der Waals surface area contributed by atoms with Crippen molar-refractivity contribution in [1.82, 2.24) is 20.9 Å². The van der Waals surface area contributed by atoms with Gasteiger partial charge in [0.25, 0.3) is 0 Å². The first-order chi connectivity index (χ1) is 12.5. The molecule has 4 bridgehead atoms. The molecule has 0 spiro atoms. The van der Waals surface area contributed by atoms with E-state index in [-0.39, 0.29) is 17.5 Å². The molecule has 0 aromatic heterocycles. The topological polar surface area (TPSA) is 73.5 Å². The van der Waals surface area contributed by atoms with E-state index >= 15 is 0 Å². The number of likely N-dealkylation sites (tertiary alicyclic amines) is 1. The third kappa shape index (κ3) is 3.85. The van der Waals surface area contributed by atoms with Crippen molar-refractivity contribution in [3.63, 3.8) is 0 Å². The molecule has 0 aromatic carbocycles. The zero-order valence-electron chi connectivity index (χ0n) is 16.1. The molecular weight excluding hydrogens is 328 g/mol. The summed E-state index contributed by atoms with van der Waals surface area (Å²) in [6, 6.07) is 0.325. The van der Waals surface area contributed by atoms with Gasteiger partial charge in [0, 0.05) is 37.6 Å². The molecule has 6 heteroatoms. The van der Waals surface area contributed by atoms with Gasteiger partial charge in [-0.15, -0.1) is 0 Å².